The molecule has 0 aliphatic carbocycles. The first-order valence-electron chi connectivity index (χ1n) is 6.91. The van der Waals surface area contributed by atoms with Gasteiger partial charge in [0.25, 0.3) is 5.91 Å². The second-order valence-corrected chi connectivity index (χ2v) is 6.59. The Morgan fingerprint density at radius 1 is 1.45 bits per heavy atom. The summed E-state index contributed by atoms with van der Waals surface area (Å²) in [6, 6.07) is 4.15. The molecule has 5 heteroatoms. The van der Waals surface area contributed by atoms with Crippen molar-refractivity contribution in [3.8, 4) is 0 Å². The Morgan fingerprint density at radius 2 is 2.15 bits per heavy atom. The van der Waals surface area contributed by atoms with E-state index >= 15 is 0 Å². The van der Waals surface area contributed by atoms with Gasteiger partial charge in [0.2, 0.25) is 0 Å². The summed E-state index contributed by atoms with van der Waals surface area (Å²) >= 11 is 3.42. The molecule has 1 unspecified atom stereocenters. The van der Waals surface area contributed by atoms with Gasteiger partial charge in [-0.15, -0.1) is 0 Å². The van der Waals surface area contributed by atoms with E-state index in [0.29, 0.717) is 17.3 Å². The van der Waals surface area contributed by atoms with Gasteiger partial charge in [0.15, 0.2) is 0 Å². The van der Waals surface area contributed by atoms with E-state index in [4.69, 9.17) is 5.73 Å². The number of halogens is 1. The van der Waals surface area contributed by atoms with Crippen molar-refractivity contribution in [3.63, 3.8) is 0 Å². The topological polar surface area (TPSA) is 49.6 Å². The van der Waals surface area contributed by atoms with Crippen LogP contribution in [0.2, 0.25) is 0 Å². The highest BCUT2D eigenvalue weighted by Crippen LogP contribution is 2.25. The smallest absolute Gasteiger partial charge is 0.254 e. The molecule has 0 aromatic heterocycles. The molecule has 1 aromatic carbocycles. The van der Waals surface area contributed by atoms with E-state index in [9.17, 15) is 4.79 Å². The SMILES string of the molecule is Cc1c(N)cc(Br)cc1C(=O)N1CCCC(N(C)C)C1. The van der Waals surface area contributed by atoms with Gasteiger partial charge in [0.05, 0.1) is 0 Å². The fourth-order valence-electron chi connectivity index (χ4n) is 2.65. The maximum atomic E-state index is 12.7. The highest BCUT2D eigenvalue weighted by molar-refractivity contribution is 9.10. The number of amides is 1. The minimum absolute atomic E-state index is 0.0852. The van der Waals surface area contributed by atoms with Crippen LogP contribution >= 0.6 is 15.9 Å². The van der Waals surface area contributed by atoms with E-state index in [0.717, 1.165) is 36.0 Å². The summed E-state index contributed by atoms with van der Waals surface area (Å²) in [7, 11) is 4.14. The third-order valence-corrected chi connectivity index (χ3v) is 4.51. The number of likely N-dealkylation sites (tertiary alicyclic amines) is 1. The largest absolute Gasteiger partial charge is 0.398 e. The van der Waals surface area contributed by atoms with Crippen LogP contribution in [0.15, 0.2) is 16.6 Å². The van der Waals surface area contributed by atoms with Gasteiger partial charge in [-0.1, -0.05) is 15.9 Å². The van der Waals surface area contributed by atoms with E-state index in [1.165, 1.54) is 0 Å². The van der Waals surface area contributed by atoms with Crippen LogP contribution in [0, 0.1) is 6.92 Å². The predicted molar refractivity (Wildman–Crippen MR) is 85.9 cm³/mol. The van der Waals surface area contributed by atoms with Crippen LogP contribution in [-0.2, 0) is 0 Å². The molecular formula is C15H22BrN3O. The first kappa shape index (κ1) is 15.3. The molecule has 1 amide bonds. The molecule has 20 heavy (non-hydrogen) atoms. The number of hydrogen-bond donors (Lipinski definition) is 1. The van der Waals surface area contributed by atoms with Crippen molar-refractivity contribution in [2.75, 3.05) is 32.9 Å². The maximum absolute atomic E-state index is 12.7. The predicted octanol–water partition coefficient (Wildman–Crippen LogP) is 2.51. The molecule has 1 fully saturated rings. The number of benzene rings is 1. The Balaban J connectivity index is 2.23. The molecule has 0 spiro atoms. The molecule has 2 N–H and O–H groups in total. The monoisotopic (exact) mass is 339 g/mol. The van der Waals surface area contributed by atoms with Crippen molar-refractivity contribution in [3.05, 3.63) is 27.7 Å². The standard InChI is InChI=1S/C15H22BrN3O/c1-10-13(7-11(16)8-14(10)17)15(20)19-6-4-5-12(9-19)18(2)3/h7-8,12H,4-6,9,17H2,1-3H3. The summed E-state index contributed by atoms with van der Waals surface area (Å²) in [6.45, 7) is 3.52. The van der Waals surface area contributed by atoms with Crippen molar-refractivity contribution in [1.29, 1.82) is 0 Å². The normalized spacial score (nSPS) is 19.4. The number of carbonyl (C=O) groups excluding carboxylic acids is 1. The van der Waals surface area contributed by atoms with E-state index < -0.39 is 0 Å². The van der Waals surface area contributed by atoms with Gasteiger partial charge in [-0.05, 0) is 51.6 Å². The highest BCUT2D eigenvalue weighted by Gasteiger charge is 2.26. The zero-order valence-corrected chi connectivity index (χ0v) is 13.9. The molecule has 0 bridgehead atoms. The molecule has 4 nitrogen and oxygen atoms in total. The van der Waals surface area contributed by atoms with Crippen LogP contribution in [0.4, 0.5) is 5.69 Å². The minimum Gasteiger partial charge on any atom is -0.398 e. The summed E-state index contributed by atoms with van der Waals surface area (Å²) in [5, 5.41) is 0. The first-order valence-corrected chi connectivity index (χ1v) is 7.70. The van der Waals surface area contributed by atoms with Crippen molar-refractivity contribution < 1.29 is 4.79 Å². The van der Waals surface area contributed by atoms with Gasteiger partial charge >= 0.3 is 0 Å². The number of piperidine rings is 1. The van der Waals surface area contributed by atoms with Crippen molar-refractivity contribution in [1.82, 2.24) is 9.80 Å². The second-order valence-electron chi connectivity index (χ2n) is 5.68. The van der Waals surface area contributed by atoms with Crippen molar-refractivity contribution in [2.24, 2.45) is 0 Å². The lowest BCUT2D eigenvalue weighted by Gasteiger charge is -2.36. The van der Waals surface area contributed by atoms with Crippen LogP contribution in [0.1, 0.15) is 28.8 Å². The first-order chi connectivity index (χ1) is 9.40. The fourth-order valence-corrected chi connectivity index (χ4v) is 3.13. The Bertz CT molecular complexity index is 516. The van der Waals surface area contributed by atoms with E-state index in [-0.39, 0.29) is 5.91 Å². The highest BCUT2D eigenvalue weighted by atomic mass is 79.9. The molecule has 0 radical (unpaired) electrons. The van der Waals surface area contributed by atoms with Gasteiger partial charge in [-0.25, -0.2) is 0 Å². The Kier molecular flexibility index (Phi) is 4.70. The van der Waals surface area contributed by atoms with Gasteiger partial charge in [0.1, 0.15) is 0 Å². The molecule has 1 saturated heterocycles. The summed E-state index contributed by atoms with van der Waals surface area (Å²) < 4.78 is 0.852. The lowest BCUT2D eigenvalue weighted by Crippen LogP contribution is -2.47. The molecule has 1 aromatic rings. The second kappa shape index (κ2) is 6.14. The summed E-state index contributed by atoms with van der Waals surface area (Å²) in [5.41, 5.74) is 8.18. The van der Waals surface area contributed by atoms with E-state index in [2.05, 4.69) is 34.9 Å². The number of hydrogen-bond acceptors (Lipinski definition) is 3. The summed E-state index contributed by atoms with van der Waals surface area (Å²) in [4.78, 5) is 16.9. The fraction of sp³-hybridized carbons (Fsp3) is 0.533. The molecular weight excluding hydrogens is 318 g/mol. The molecule has 1 aliphatic rings. The molecule has 110 valence electrons. The Morgan fingerprint density at radius 3 is 2.80 bits per heavy atom. The van der Waals surface area contributed by atoms with Gasteiger partial charge in [0, 0.05) is 34.9 Å². The lowest BCUT2D eigenvalue weighted by atomic mass is 10.0. The van der Waals surface area contributed by atoms with Crippen LogP contribution < -0.4 is 5.73 Å². The number of carbonyl (C=O) groups is 1. The quantitative estimate of drug-likeness (QED) is 0.842. The molecule has 1 heterocycles. The number of rotatable bonds is 2. The third-order valence-electron chi connectivity index (χ3n) is 4.06. The van der Waals surface area contributed by atoms with Crippen LogP contribution in [0.5, 0.6) is 0 Å². The Labute approximate surface area is 129 Å². The van der Waals surface area contributed by atoms with Gasteiger partial charge < -0.3 is 15.5 Å². The average molecular weight is 340 g/mol. The molecule has 2 rings (SSSR count). The summed E-state index contributed by atoms with van der Waals surface area (Å²) in [6.07, 6.45) is 2.20. The molecule has 1 atom stereocenters. The van der Waals surface area contributed by atoms with Crippen LogP contribution in [0.25, 0.3) is 0 Å². The van der Waals surface area contributed by atoms with Crippen molar-refractivity contribution >= 4 is 27.5 Å². The van der Waals surface area contributed by atoms with E-state index in [1.54, 1.807) is 0 Å². The van der Waals surface area contributed by atoms with Gasteiger partial charge in [-0.2, -0.15) is 0 Å². The zero-order valence-electron chi connectivity index (χ0n) is 12.3. The molecule has 0 saturated carbocycles. The summed E-state index contributed by atoms with van der Waals surface area (Å²) in [5.74, 6) is 0.0852. The number of nitrogens with zero attached hydrogens (tertiary/aromatic N) is 2. The lowest BCUT2D eigenvalue weighted by molar-refractivity contribution is 0.0634. The Hall–Kier alpha value is -1.07. The third kappa shape index (κ3) is 3.15. The van der Waals surface area contributed by atoms with Gasteiger partial charge in [-0.3, -0.25) is 4.79 Å². The zero-order chi connectivity index (χ0) is 14.9. The maximum Gasteiger partial charge on any atom is 0.254 e. The number of likely N-dealkylation sites (N-methyl/N-ethyl adjacent to an activating group) is 1. The van der Waals surface area contributed by atoms with Crippen molar-refractivity contribution in [2.45, 2.75) is 25.8 Å². The molecule has 1 aliphatic heterocycles. The van der Waals surface area contributed by atoms with Crippen LogP contribution in [0.3, 0.4) is 0 Å². The number of nitrogens with two attached hydrogens (primary N) is 1. The number of nitrogen functional groups attached to an aromatic ring is 1. The number of anilines is 1. The van der Waals surface area contributed by atoms with Crippen LogP contribution in [-0.4, -0.2) is 48.9 Å². The average Bonchev–Trinajstić information content (AvgIpc) is 2.42. The van der Waals surface area contributed by atoms with E-state index in [1.807, 2.05) is 24.0 Å². The minimum atomic E-state index is 0.0852.